The molecular formula is C20H24N2O3. The van der Waals surface area contributed by atoms with Crippen molar-refractivity contribution in [1.29, 1.82) is 0 Å². The molecule has 0 aliphatic carbocycles. The average molecular weight is 340 g/mol. The lowest BCUT2D eigenvalue weighted by atomic mass is 10.1. The van der Waals surface area contributed by atoms with Gasteiger partial charge in [-0.3, -0.25) is 9.59 Å². The van der Waals surface area contributed by atoms with Crippen LogP contribution in [-0.4, -0.2) is 24.0 Å². The number of benzene rings is 2. The fraction of sp³-hybridized carbons (Fsp3) is 0.300. The molecule has 0 aliphatic rings. The van der Waals surface area contributed by atoms with Crippen molar-refractivity contribution in [2.75, 3.05) is 5.32 Å². The highest BCUT2D eigenvalue weighted by Gasteiger charge is 2.19. The number of rotatable bonds is 7. The lowest BCUT2D eigenvalue weighted by Gasteiger charge is -2.17. The third-order valence-corrected chi connectivity index (χ3v) is 3.84. The largest absolute Gasteiger partial charge is 0.481 e. The van der Waals surface area contributed by atoms with Gasteiger partial charge in [-0.2, -0.15) is 0 Å². The van der Waals surface area contributed by atoms with Crippen molar-refractivity contribution in [2.45, 2.75) is 39.3 Å². The first kappa shape index (κ1) is 18.5. The van der Waals surface area contributed by atoms with Crippen LogP contribution in [0.15, 0.2) is 54.6 Å². The molecule has 0 bridgehead atoms. The Kier molecular flexibility index (Phi) is 6.57. The molecule has 132 valence electrons. The van der Waals surface area contributed by atoms with Crippen LogP contribution in [0.4, 0.5) is 5.69 Å². The average Bonchev–Trinajstić information content (AvgIpc) is 2.62. The predicted molar refractivity (Wildman–Crippen MR) is 98.8 cm³/mol. The minimum atomic E-state index is -0.687. The van der Waals surface area contributed by atoms with Crippen LogP contribution in [0.5, 0.6) is 5.75 Å². The van der Waals surface area contributed by atoms with Crippen LogP contribution in [0.25, 0.3) is 0 Å². The zero-order chi connectivity index (χ0) is 18.2. The van der Waals surface area contributed by atoms with Crippen molar-refractivity contribution in [3.05, 3.63) is 60.2 Å². The summed E-state index contributed by atoms with van der Waals surface area (Å²) in [5, 5.41) is 5.69. The Morgan fingerprint density at radius 3 is 2.32 bits per heavy atom. The normalized spacial score (nSPS) is 12.8. The molecular weight excluding hydrogens is 316 g/mol. The van der Waals surface area contributed by atoms with Crippen LogP contribution in [0, 0.1) is 0 Å². The van der Waals surface area contributed by atoms with Crippen molar-refractivity contribution in [3.8, 4) is 5.75 Å². The number of para-hydroxylation sites is 2. The van der Waals surface area contributed by atoms with E-state index in [1.54, 1.807) is 43.3 Å². The van der Waals surface area contributed by atoms with Gasteiger partial charge in [0.25, 0.3) is 11.8 Å². The minimum absolute atomic E-state index is 0.0663. The van der Waals surface area contributed by atoms with Gasteiger partial charge in [-0.05, 0) is 44.5 Å². The second-order valence-electron chi connectivity index (χ2n) is 5.89. The van der Waals surface area contributed by atoms with Crippen molar-refractivity contribution < 1.29 is 14.3 Å². The SMILES string of the molecule is CC[C@H](C)NC(=O)c1ccccc1NC(=O)[C@H](C)Oc1ccccc1. The van der Waals surface area contributed by atoms with Gasteiger partial charge in [0.05, 0.1) is 11.3 Å². The van der Waals surface area contributed by atoms with Crippen molar-refractivity contribution in [1.82, 2.24) is 5.32 Å². The quantitative estimate of drug-likeness (QED) is 0.809. The van der Waals surface area contributed by atoms with Crippen LogP contribution >= 0.6 is 0 Å². The van der Waals surface area contributed by atoms with Crippen LogP contribution < -0.4 is 15.4 Å². The van der Waals surface area contributed by atoms with Gasteiger partial charge in [0.1, 0.15) is 5.75 Å². The Labute approximate surface area is 148 Å². The molecule has 2 rings (SSSR count). The van der Waals surface area contributed by atoms with E-state index in [-0.39, 0.29) is 17.9 Å². The molecule has 5 nitrogen and oxygen atoms in total. The van der Waals surface area contributed by atoms with Crippen LogP contribution in [0.3, 0.4) is 0 Å². The molecule has 2 atom stereocenters. The summed E-state index contributed by atoms with van der Waals surface area (Å²) in [6.45, 7) is 5.61. The van der Waals surface area contributed by atoms with E-state index in [1.807, 2.05) is 32.0 Å². The molecule has 0 fully saturated rings. The number of carbonyl (C=O) groups excluding carboxylic acids is 2. The summed E-state index contributed by atoms with van der Waals surface area (Å²) in [5.74, 6) is 0.0995. The number of ether oxygens (including phenoxy) is 1. The van der Waals surface area contributed by atoms with Crippen LogP contribution in [-0.2, 0) is 4.79 Å². The maximum Gasteiger partial charge on any atom is 0.265 e. The maximum atomic E-state index is 12.4. The van der Waals surface area contributed by atoms with Crippen molar-refractivity contribution in [3.63, 3.8) is 0 Å². The molecule has 2 aromatic rings. The number of hydrogen-bond donors (Lipinski definition) is 2. The highest BCUT2D eigenvalue weighted by molar-refractivity contribution is 6.04. The van der Waals surface area contributed by atoms with E-state index in [4.69, 9.17) is 4.74 Å². The standard InChI is InChI=1S/C20H24N2O3/c1-4-14(2)21-20(24)17-12-8-9-13-18(17)22-19(23)15(3)25-16-10-6-5-7-11-16/h5-15H,4H2,1-3H3,(H,21,24)(H,22,23)/t14-,15-/m0/s1. The first-order valence-corrected chi connectivity index (χ1v) is 8.43. The lowest BCUT2D eigenvalue weighted by Crippen LogP contribution is -2.34. The lowest BCUT2D eigenvalue weighted by molar-refractivity contribution is -0.122. The van der Waals surface area contributed by atoms with Gasteiger partial charge in [-0.15, -0.1) is 0 Å². The summed E-state index contributed by atoms with van der Waals surface area (Å²) in [7, 11) is 0. The summed E-state index contributed by atoms with van der Waals surface area (Å²) >= 11 is 0. The van der Waals surface area contributed by atoms with Gasteiger partial charge in [-0.1, -0.05) is 37.3 Å². The maximum absolute atomic E-state index is 12.4. The van der Waals surface area contributed by atoms with E-state index in [2.05, 4.69) is 10.6 Å². The van der Waals surface area contributed by atoms with Crippen molar-refractivity contribution >= 4 is 17.5 Å². The molecule has 0 spiro atoms. The first-order chi connectivity index (χ1) is 12.0. The second-order valence-corrected chi connectivity index (χ2v) is 5.89. The molecule has 0 heterocycles. The van der Waals surface area contributed by atoms with Gasteiger partial charge in [0.2, 0.25) is 0 Å². The summed E-state index contributed by atoms with van der Waals surface area (Å²) in [4.78, 5) is 24.8. The molecule has 2 N–H and O–H groups in total. The third kappa shape index (κ3) is 5.35. The van der Waals surface area contributed by atoms with E-state index in [0.717, 1.165) is 6.42 Å². The number of carbonyl (C=O) groups is 2. The Morgan fingerprint density at radius 2 is 1.64 bits per heavy atom. The molecule has 0 saturated heterocycles. The Balaban J connectivity index is 2.06. The van der Waals surface area contributed by atoms with E-state index in [1.165, 1.54) is 0 Å². The number of nitrogens with one attached hydrogen (secondary N) is 2. The first-order valence-electron chi connectivity index (χ1n) is 8.43. The summed E-state index contributed by atoms with van der Waals surface area (Å²) in [6.07, 6.45) is 0.149. The fourth-order valence-electron chi connectivity index (χ4n) is 2.18. The number of anilines is 1. The predicted octanol–water partition coefficient (Wildman–Crippen LogP) is 3.62. The van der Waals surface area contributed by atoms with E-state index < -0.39 is 6.10 Å². The fourth-order valence-corrected chi connectivity index (χ4v) is 2.18. The van der Waals surface area contributed by atoms with Crippen LogP contribution in [0.2, 0.25) is 0 Å². The molecule has 0 unspecified atom stereocenters. The molecule has 0 saturated carbocycles. The topological polar surface area (TPSA) is 67.4 Å². The van der Waals surface area contributed by atoms with Gasteiger partial charge >= 0.3 is 0 Å². The van der Waals surface area contributed by atoms with E-state index in [0.29, 0.717) is 17.0 Å². The molecule has 2 amide bonds. The van der Waals surface area contributed by atoms with Gasteiger partial charge < -0.3 is 15.4 Å². The van der Waals surface area contributed by atoms with E-state index in [9.17, 15) is 9.59 Å². The molecule has 0 radical (unpaired) electrons. The molecule has 25 heavy (non-hydrogen) atoms. The third-order valence-electron chi connectivity index (χ3n) is 3.84. The molecule has 0 aliphatic heterocycles. The van der Waals surface area contributed by atoms with Crippen molar-refractivity contribution in [2.24, 2.45) is 0 Å². The zero-order valence-corrected chi connectivity index (χ0v) is 14.8. The Morgan fingerprint density at radius 1 is 1.00 bits per heavy atom. The smallest absolute Gasteiger partial charge is 0.265 e. The summed E-state index contributed by atoms with van der Waals surface area (Å²) in [5.41, 5.74) is 0.903. The monoisotopic (exact) mass is 340 g/mol. The highest BCUT2D eigenvalue weighted by Crippen LogP contribution is 2.17. The number of hydrogen-bond acceptors (Lipinski definition) is 3. The highest BCUT2D eigenvalue weighted by atomic mass is 16.5. The molecule has 5 heteroatoms. The molecule has 2 aromatic carbocycles. The summed E-state index contributed by atoms with van der Waals surface area (Å²) < 4.78 is 5.62. The Hall–Kier alpha value is -2.82. The van der Waals surface area contributed by atoms with Gasteiger partial charge in [0, 0.05) is 6.04 Å². The zero-order valence-electron chi connectivity index (χ0n) is 14.8. The Bertz CT molecular complexity index is 716. The van der Waals surface area contributed by atoms with E-state index >= 15 is 0 Å². The van der Waals surface area contributed by atoms with Gasteiger partial charge in [-0.25, -0.2) is 0 Å². The minimum Gasteiger partial charge on any atom is -0.481 e. The van der Waals surface area contributed by atoms with Crippen LogP contribution in [0.1, 0.15) is 37.6 Å². The number of amides is 2. The second kappa shape index (κ2) is 8.87. The summed E-state index contributed by atoms with van der Waals surface area (Å²) in [6, 6.07) is 16.1. The molecule has 0 aromatic heterocycles. The van der Waals surface area contributed by atoms with Gasteiger partial charge in [0.15, 0.2) is 6.10 Å².